The Hall–Kier alpha value is -3.78. The van der Waals surface area contributed by atoms with Gasteiger partial charge in [0.15, 0.2) is 0 Å². The second kappa shape index (κ2) is 7.86. The third-order valence-electron chi connectivity index (χ3n) is 7.67. The normalized spacial score (nSPS) is 25.3. The molecule has 3 aromatic carbocycles. The van der Waals surface area contributed by atoms with E-state index in [2.05, 4.69) is 21.2 Å². The summed E-state index contributed by atoms with van der Waals surface area (Å²) in [5, 5.41) is 11.9. The average Bonchev–Trinajstić information content (AvgIpc) is 3.12. The summed E-state index contributed by atoms with van der Waals surface area (Å²) in [5.74, 6) is -4.00. The Morgan fingerprint density at radius 2 is 1.58 bits per heavy atom. The number of nitrogens with one attached hydrogen (secondary N) is 1. The number of likely N-dealkylation sites (tertiary alicyclic amines) is 1. The summed E-state index contributed by atoms with van der Waals surface area (Å²) in [6.07, 6.45) is 0. The van der Waals surface area contributed by atoms with Gasteiger partial charge in [-0.15, -0.1) is 0 Å². The van der Waals surface area contributed by atoms with Gasteiger partial charge in [-0.1, -0.05) is 70.5 Å². The molecule has 0 saturated carbocycles. The highest BCUT2D eigenvalue weighted by atomic mass is 79.9. The second-order valence-electron chi connectivity index (χ2n) is 9.51. The number of carbonyl (C=O) groups excluding carboxylic acids is 3. The van der Waals surface area contributed by atoms with E-state index in [0.29, 0.717) is 11.3 Å². The first-order valence-electron chi connectivity index (χ1n) is 11.6. The standard InChI is InChI=1S/C28H21BrN2O5/c1-14-10-11-15(27(35)36)12-20(14)30-21(32)13-31-25(33)23-22-16-6-2-4-8-18(16)28(29,24(23)26(31)34)19-9-5-3-7-17(19)22/h2-12,22-24H,13H2,1H3,(H,30,32)(H,35,36)/t22?,23-,24-,28?/m1/s1. The van der Waals surface area contributed by atoms with Crippen LogP contribution in [-0.4, -0.2) is 40.2 Å². The minimum atomic E-state index is -1.11. The predicted molar refractivity (Wildman–Crippen MR) is 135 cm³/mol. The van der Waals surface area contributed by atoms with Gasteiger partial charge in [-0.3, -0.25) is 19.3 Å². The van der Waals surface area contributed by atoms with Gasteiger partial charge < -0.3 is 10.4 Å². The molecular weight excluding hydrogens is 524 g/mol. The molecule has 2 bridgehead atoms. The zero-order valence-corrected chi connectivity index (χ0v) is 20.8. The molecule has 36 heavy (non-hydrogen) atoms. The number of carbonyl (C=O) groups is 4. The summed E-state index contributed by atoms with van der Waals surface area (Å²) in [7, 11) is 0. The van der Waals surface area contributed by atoms with Crippen LogP contribution in [0, 0.1) is 18.8 Å². The van der Waals surface area contributed by atoms with E-state index in [1.54, 1.807) is 13.0 Å². The highest BCUT2D eigenvalue weighted by Crippen LogP contribution is 2.66. The van der Waals surface area contributed by atoms with Crippen molar-refractivity contribution in [2.75, 3.05) is 11.9 Å². The molecule has 4 aliphatic rings. The minimum absolute atomic E-state index is 0.0311. The van der Waals surface area contributed by atoms with Crippen LogP contribution in [0.3, 0.4) is 0 Å². The molecule has 8 heteroatoms. The van der Waals surface area contributed by atoms with Crippen LogP contribution in [-0.2, 0) is 18.7 Å². The summed E-state index contributed by atoms with van der Waals surface area (Å²) >= 11 is 3.93. The number of aryl methyl sites for hydroxylation is 1. The third kappa shape index (κ3) is 2.97. The molecule has 0 spiro atoms. The second-order valence-corrected chi connectivity index (χ2v) is 10.8. The Bertz CT molecular complexity index is 1450. The monoisotopic (exact) mass is 544 g/mol. The van der Waals surface area contributed by atoms with Gasteiger partial charge >= 0.3 is 5.97 Å². The molecule has 7 rings (SSSR count). The van der Waals surface area contributed by atoms with Crippen molar-refractivity contribution in [3.8, 4) is 0 Å². The fourth-order valence-electron chi connectivity index (χ4n) is 6.12. The van der Waals surface area contributed by atoms with E-state index >= 15 is 0 Å². The number of rotatable bonds is 4. The third-order valence-corrected chi connectivity index (χ3v) is 9.01. The summed E-state index contributed by atoms with van der Waals surface area (Å²) in [4.78, 5) is 52.9. The van der Waals surface area contributed by atoms with Gasteiger partial charge in [0.25, 0.3) is 0 Å². The number of halogens is 1. The SMILES string of the molecule is Cc1ccc(C(=O)O)cc1NC(=O)CN1C(=O)[C@@H]2C3c4ccccc4C(Br)(c4ccccc43)[C@H]2C1=O. The number of alkyl halides is 1. The van der Waals surface area contributed by atoms with Gasteiger partial charge in [-0.05, 0) is 46.9 Å². The molecule has 1 fully saturated rings. The highest BCUT2D eigenvalue weighted by Gasteiger charge is 2.67. The van der Waals surface area contributed by atoms with Crippen molar-refractivity contribution < 1.29 is 24.3 Å². The lowest BCUT2D eigenvalue weighted by atomic mass is 9.55. The van der Waals surface area contributed by atoms with Crippen molar-refractivity contribution in [1.29, 1.82) is 0 Å². The Kier molecular flexibility index (Phi) is 4.95. The topological polar surface area (TPSA) is 104 Å². The predicted octanol–water partition coefficient (Wildman–Crippen LogP) is 4.03. The maximum atomic E-state index is 13.8. The molecule has 1 aliphatic heterocycles. The number of aromatic carboxylic acids is 1. The minimum Gasteiger partial charge on any atom is -0.478 e. The quantitative estimate of drug-likeness (QED) is 0.381. The molecule has 1 saturated heterocycles. The van der Waals surface area contributed by atoms with Gasteiger partial charge in [-0.25, -0.2) is 4.79 Å². The molecule has 2 atom stereocenters. The largest absolute Gasteiger partial charge is 0.478 e. The molecule has 7 nitrogen and oxygen atoms in total. The fourth-order valence-corrected chi connectivity index (χ4v) is 7.32. The van der Waals surface area contributed by atoms with Crippen molar-refractivity contribution in [3.63, 3.8) is 0 Å². The van der Waals surface area contributed by atoms with Gasteiger partial charge in [-0.2, -0.15) is 0 Å². The number of hydrogen-bond acceptors (Lipinski definition) is 4. The molecule has 2 N–H and O–H groups in total. The lowest BCUT2D eigenvalue weighted by Crippen LogP contribution is -2.50. The number of carboxylic acids is 1. The summed E-state index contributed by atoms with van der Waals surface area (Å²) in [5.41, 5.74) is 5.01. The van der Waals surface area contributed by atoms with Gasteiger partial charge in [0.1, 0.15) is 6.54 Å². The lowest BCUT2D eigenvalue weighted by Gasteiger charge is -2.51. The van der Waals surface area contributed by atoms with Crippen LogP contribution >= 0.6 is 15.9 Å². The van der Waals surface area contributed by atoms with Crippen molar-refractivity contribution >= 4 is 45.3 Å². The molecule has 0 unspecified atom stereocenters. The first kappa shape index (κ1) is 22.7. The van der Waals surface area contributed by atoms with Crippen LogP contribution in [0.15, 0.2) is 66.7 Å². The van der Waals surface area contributed by atoms with Crippen LogP contribution in [0.2, 0.25) is 0 Å². The molecule has 3 aliphatic carbocycles. The summed E-state index contributed by atoms with van der Waals surface area (Å²) in [6, 6.07) is 20.2. The number of benzene rings is 3. The fraction of sp³-hybridized carbons (Fsp3) is 0.214. The van der Waals surface area contributed by atoms with Gasteiger partial charge in [0.2, 0.25) is 17.7 Å². The van der Waals surface area contributed by atoms with Gasteiger partial charge in [0.05, 0.1) is 21.7 Å². The van der Waals surface area contributed by atoms with Crippen LogP contribution in [0.4, 0.5) is 5.69 Å². The van der Waals surface area contributed by atoms with Crippen molar-refractivity contribution in [2.45, 2.75) is 17.2 Å². The van der Waals surface area contributed by atoms with Crippen LogP contribution < -0.4 is 5.32 Å². The molecule has 0 radical (unpaired) electrons. The van der Waals surface area contributed by atoms with E-state index in [1.165, 1.54) is 12.1 Å². The molecule has 180 valence electrons. The molecule has 1 heterocycles. The number of anilines is 1. The van der Waals surface area contributed by atoms with Crippen molar-refractivity contribution in [1.82, 2.24) is 4.90 Å². The zero-order chi connectivity index (χ0) is 25.4. The Labute approximate surface area is 215 Å². The molecule has 3 aromatic rings. The lowest BCUT2D eigenvalue weighted by molar-refractivity contribution is -0.142. The molecule has 0 aromatic heterocycles. The van der Waals surface area contributed by atoms with Crippen molar-refractivity contribution in [3.05, 3.63) is 100 Å². The van der Waals surface area contributed by atoms with E-state index in [-0.39, 0.29) is 23.3 Å². The smallest absolute Gasteiger partial charge is 0.335 e. The Balaban J connectivity index is 1.35. The zero-order valence-electron chi connectivity index (χ0n) is 19.2. The highest BCUT2D eigenvalue weighted by molar-refractivity contribution is 9.09. The van der Waals surface area contributed by atoms with Crippen LogP contribution in [0.1, 0.15) is 44.1 Å². The summed E-state index contributed by atoms with van der Waals surface area (Å²) < 4.78 is -0.871. The van der Waals surface area contributed by atoms with Crippen LogP contribution in [0.25, 0.3) is 0 Å². The molecule has 3 amide bonds. The maximum Gasteiger partial charge on any atom is 0.335 e. The Morgan fingerprint density at radius 3 is 2.19 bits per heavy atom. The Morgan fingerprint density at radius 1 is 0.972 bits per heavy atom. The van der Waals surface area contributed by atoms with E-state index in [4.69, 9.17) is 0 Å². The van der Waals surface area contributed by atoms with Crippen LogP contribution in [0.5, 0.6) is 0 Å². The number of imide groups is 1. The van der Waals surface area contributed by atoms with Crippen molar-refractivity contribution in [2.24, 2.45) is 11.8 Å². The van der Waals surface area contributed by atoms with E-state index in [1.807, 2.05) is 48.5 Å². The maximum absolute atomic E-state index is 13.8. The number of amides is 3. The van der Waals surface area contributed by atoms with E-state index in [9.17, 15) is 24.3 Å². The first-order chi connectivity index (χ1) is 17.2. The first-order valence-corrected chi connectivity index (χ1v) is 12.4. The number of nitrogens with zero attached hydrogens (tertiary/aromatic N) is 1. The van der Waals surface area contributed by atoms with E-state index in [0.717, 1.165) is 27.2 Å². The average molecular weight is 545 g/mol. The van der Waals surface area contributed by atoms with E-state index < -0.39 is 34.6 Å². The summed E-state index contributed by atoms with van der Waals surface area (Å²) in [6.45, 7) is 1.30. The molecular formula is C28H21BrN2O5. The van der Waals surface area contributed by atoms with Gasteiger partial charge in [0, 0.05) is 11.6 Å². The number of carboxylic acid groups (broad SMARTS) is 1. The number of hydrogen-bond donors (Lipinski definition) is 2.